The molecule has 16 heavy (non-hydrogen) atoms. The van der Waals surface area contributed by atoms with Crippen molar-refractivity contribution in [1.82, 2.24) is 0 Å². The van der Waals surface area contributed by atoms with E-state index in [0.29, 0.717) is 0 Å². The van der Waals surface area contributed by atoms with Gasteiger partial charge in [0.2, 0.25) is 0 Å². The van der Waals surface area contributed by atoms with Gasteiger partial charge in [0.25, 0.3) is 0 Å². The highest BCUT2D eigenvalue weighted by molar-refractivity contribution is 7.16. The molecular weight excluding hydrogens is 240 g/mol. The van der Waals surface area contributed by atoms with Crippen LogP contribution in [0.1, 0.15) is 44.4 Å². The molecule has 0 bridgehead atoms. The molecule has 1 aliphatic carbocycles. The van der Waals surface area contributed by atoms with Crippen molar-refractivity contribution in [1.29, 1.82) is 0 Å². The van der Waals surface area contributed by atoms with Crippen LogP contribution in [0.5, 0.6) is 0 Å². The summed E-state index contributed by atoms with van der Waals surface area (Å²) in [6.07, 6.45) is 4.93. The number of rotatable bonds is 2. The zero-order valence-corrected chi connectivity index (χ0v) is 11.5. The molecule has 90 valence electrons. The summed E-state index contributed by atoms with van der Waals surface area (Å²) in [5.41, 5.74) is -0.246. The number of hydrogen-bond donors (Lipinski definition) is 1. The summed E-state index contributed by atoms with van der Waals surface area (Å²) in [4.78, 5) is 1.20. The Labute approximate surface area is 106 Å². The van der Waals surface area contributed by atoms with Crippen LogP contribution < -0.4 is 0 Å². The van der Waals surface area contributed by atoms with Crippen molar-refractivity contribution in [2.75, 3.05) is 0 Å². The molecule has 0 saturated heterocycles. The van der Waals surface area contributed by atoms with Crippen LogP contribution >= 0.6 is 22.9 Å². The Bertz CT molecular complexity index is 372. The molecule has 0 amide bonds. The monoisotopic (exact) mass is 258 g/mol. The van der Waals surface area contributed by atoms with Gasteiger partial charge in [-0.05, 0) is 36.8 Å². The fraction of sp³-hybridized carbons (Fsp3) is 0.692. The SMILES string of the molecule is CC1(C)CCCC(O)(Cc2ccc(Cl)s2)C1. The van der Waals surface area contributed by atoms with E-state index in [9.17, 15) is 5.11 Å². The third-order valence-electron chi connectivity index (χ3n) is 3.44. The second-order valence-corrected chi connectivity index (χ2v) is 7.60. The Morgan fingerprint density at radius 2 is 2.12 bits per heavy atom. The van der Waals surface area contributed by atoms with Crippen LogP contribution in [0.4, 0.5) is 0 Å². The molecule has 1 unspecified atom stereocenters. The van der Waals surface area contributed by atoms with E-state index in [0.717, 1.165) is 30.0 Å². The van der Waals surface area contributed by atoms with E-state index in [1.54, 1.807) is 11.3 Å². The van der Waals surface area contributed by atoms with Crippen molar-refractivity contribution < 1.29 is 5.11 Å². The third-order valence-corrected chi connectivity index (χ3v) is 4.67. The highest BCUT2D eigenvalue weighted by Crippen LogP contribution is 2.43. The minimum atomic E-state index is -0.518. The lowest BCUT2D eigenvalue weighted by Gasteiger charge is -2.41. The van der Waals surface area contributed by atoms with Gasteiger partial charge in [0.1, 0.15) is 0 Å². The molecule has 0 radical (unpaired) electrons. The van der Waals surface area contributed by atoms with Crippen molar-refractivity contribution in [3.8, 4) is 0 Å². The topological polar surface area (TPSA) is 20.2 Å². The summed E-state index contributed by atoms with van der Waals surface area (Å²) in [5.74, 6) is 0. The van der Waals surface area contributed by atoms with Crippen molar-refractivity contribution >= 4 is 22.9 Å². The highest BCUT2D eigenvalue weighted by Gasteiger charge is 2.38. The lowest BCUT2D eigenvalue weighted by atomic mass is 9.68. The van der Waals surface area contributed by atoms with Crippen LogP contribution in [0.3, 0.4) is 0 Å². The first-order chi connectivity index (χ1) is 7.39. The standard InChI is InChI=1S/C13H19ClOS/c1-12(2)6-3-7-13(15,9-12)8-10-4-5-11(14)16-10/h4-5,15H,3,6-9H2,1-2H3. The van der Waals surface area contributed by atoms with Gasteiger partial charge in [0, 0.05) is 11.3 Å². The molecule has 1 aromatic heterocycles. The molecule has 1 fully saturated rings. The number of halogens is 1. The van der Waals surface area contributed by atoms with Gasteiger partial charge in [0.15, 0.2) is 0 Å². The second kappa shape index (κ2) is 4.32. The highest BCUT2D eigenvalue weighted by atomic mass is 35.5. The minimum Gasteiger partial charge on any atom is -0.389 e. The summed E-state index contributed by atoms with van der Waals surface area (Å²) >= 11 is 7.50. The third kappa shape index (κ3) is 2.99. The van der Waals surface area contributed by atoms with Gasteiger partial charge in [-0.1, -0.05) is 31.9 Å². The van der Waals surface area contributed by atoms with Gasteiger partial charge >= 0.3 is 0 Å². The zero-order chi connectivity index (χ0) is 11.8. The summed E-state index contributed by atoms with van der Waals surface area (Å²) < 4.78 is 0.814. The number of thiophene rings is 1. The summed E-state index contributed by atoms with van der Waals surface area (Å²) in [7, 11) is 0. The average Bonchev–Trinajstić information content (AvgIpc) is 2.47. The maximum Gasteiger partial charge on any atom is 0.0931 e. The molecule has 0 aliphatic heterocycles. The van der Waals surface area contributed by atoms with Gasteiger partial charge in [0.05, 0.1) is 9.94 Å². The van der Waals surface area contributed by atoms with Crippen molar-refractivity contribution in [3.63, 3.8) is 0 Å². The molecule has 0 aromatic carbocycles. The van der Waals surface area contributed by atoms with E-state index in [2.05, 4.69) is 13.8 Å². The van der Waals surface area contributed by atoms with E-state index in [4.69, 9.17) is 11.6 Å². The van der Waals surface area contributed by atoms with E-state index in [-0.39, 0.29) is 5.41 Å². The van der Waals surface area contributed by atoms with Gasteiger partial charge in [-0.3, -0.25) is 0 Å². The van der Waals surface area contributed by atoms with Crippen molar-refractivity contribution in [3.05, 3.63) is 21.3 Å². The molecule has 1 aliphatic rings. The van der Waals surface area contributed by atoms with Crippen LogP contribution in [0.25, 0.3) is 0 Å². The van der Waals surface area contributed by atoms with Gasteiger partial charge in [-0.15, -0.1) is 11.3 Å². The predicted molar refractivity (Wildman–Crippen MR) is 70.2 cm³/mol. The van der Waals surface area contributed by atoms with Gasteiger partial charge < -0.3 is 5.11 Å². The fourth-order valence-electron chi connectivity index (χ4n) is 2.89. The van der Waals surface area contributed by atoms with Crippen LogP contribution in [-0.2, 0) is 6.42 Å². The molecule has 1 aromatic rings. The average molecular weight is 259 g/mol. The normalized spacial score (nSPS) is 29.2. The summed E-state index contributed by atoms with van der Waals surface area (Å²) in [6, 6.07) is 3.95. The molecule has 1 saturated carbocycles. The van der Waals surface area contributed by atoms with E-state index in [1.165, 1.54) is 11.3 Å². The van der Waals surface area contributed by atoms with E-state index in [1.807, 2.05) is 12.1 Å². The molecule has 1 heterocycles. The van der Waals surface area contributed by atoms with Gasteiger partial charge in [-0.25, -0.2) is 0 Å². The maximum absolute atomic E-state index is 10.6. The Balaban J connectivity index is 2.07. The molecular formula is C13H19ClOS. The molecule has 1 nitrogen and oxygen atoms in total. The van der Waals surface area contributed by atoms with E-state index >= 15 is 0 Å². The smallest absolute Gasteiger partial charge is 0.0931 e. The molecule has 1 N–H and O–H groups in total. The summed E-state index contributed by atoms with van der Waals surface area (Å²) in [6.45, 7) is 4.50. The van der Waals surface area contributed by atoms with Gasteiger partial charge in [-0.2, -0.15) is 0 Å². The molecule has 1 atom stereocenters. The zero-order valence-electron chi connectivity index (χ0n) is 9.92. The van der Waals surface area contributed by atoms with Crippen LogP contribution in [0.15, 0.2) is 12.1 Å². The molecule has 2 rings (SSSR count). The molecule has 0 spiro atoms. The van der Waals surface area contributed by atoms with Crippen LogP contribution in [0.2, 0.25) is 4.34 Å². The Kier molecular flexibility index (Phi) is 3.35. The first kappa shape index (κ1) is 12.4. The van der Waals surface area contributed by atoms with Crippen molar-refractivity contribution in [2.24, 2.45) is 5.41 Å². The fourth-order valence-corrected chi connectivity index (χ4v) is 4.11. The number of hydrogen-bond acceptors (Lipinski definition) is 2. The Hall–Kier alpha value is -0.0500. The predicted octanol–water partition coefficient (Wildman–Crippen LogP) is 4.28. The minimum absolute atomic E-state index is 0.272. The lowest BCUT2D eigenvalue weighted by Crippen LogP contribution is -2.40. The number of aliphatic hydroxyl groups is 1. The summed E-state index contributed by atoms with van der Waals surface area (Å²) in [5, 5.41) is 10.6. The second-order valence-electron chi connectivity index (χ2n) is 5.80. The Morgan fingerprint density at radius 3 is 2.69 bits per heavy atom. The largest absolute Gasteiger partial charge is 0.389 e. The quantitative estimate of drug-likeness (QED) is 0.840. The maximum atomic E-state index is 10.6. The van der Waals surface area contributed by atoms with Crippen LogP contribution in [0, 0.1) is 5.41 Å². The molecule has 3 heteroatoms. The Morgan fingerprint density at radius 1 is 1.38 bits per heavy atom. The lowest BCUT2D eigenvalue weighted by molar-refractivity contribution is -0.0376. The van der Waals surface area contributed by atoms with Crippen molar-refractivity contribution in [2.45, 2.75) is 51.6 Å². The first-order valence-corrected chi connectivity index (χ1v) is 7.05. The first-order valence-electron chi connectivity index (χ1n) is 5.85. The van der Waals surface area contributed by atoms with Crippen LogP contribution in [-0.4, -0.2) is 10.7 Å². The van der Waals surface area contributed by atoms with E-state index < -0.39 is 5.60 Å².